The Morgan fingerprint density at radius 3 is 2.70 bits per heavy atom. The largest absolute Gasteiger partial charge is 0.454 e. The van der Waals surface area contributed by atoms with Crippen molar-refractivity contribution >= 4 is 15.9 Å². The van der Waals surface area contributed by atoms with Crippen molar-refractivity contribution in [3.63, 3.8) is 0 Å². The van der Waals surface area contributed by atoms with E-state index in [1.807, 2.05) is 6.92 Å². The molecule has 1 N–H and O–H groups in total. The van der Waals surface area contributed by atoms with Gasteiger partial charge in [0, 0.05) is 22.6 Å². The van der Waals surface area contributed by atoms with Crippen LogP contribution in [0.4, 0.5) is 8.78 Å². The third kappa shape index (κ3) is 3.77. The van der Waals surface area contributed by atoms with Crippen molar-refractivity contribution in [2.45, 2.75) is 13.5 Å². The van der Waals surface area contributed by atoms with Gasteiger partial charge in [-0.15, -0.1) is 0 Å². The van der Waals surface area contributed by atoms with Crippen LogP contribution in [-0.4, -0.2) is 6.54 Å². The molecule has 0 spiro atoms. The monoisotopic (exact) mass is 341 g/mol. The molecule has 0 amide bonds. The molecule has 0 aliphatic heterocycles. The minimum Gasteiger partial charge on any atom is -0.454 e. The highest BCUT2D eigenvalue weighted by Gasteiger charge is 2.11. The summed E-state index contributed by atoms with van der Waals surface area (Å²) in [5.74, 6) is -0.551. The van der Waals surface area contributed by atoms with Gasteiger partial charge in [-0.1, -0.05) is 35.0 Å². The molecule has 0 heterocycles. The SMILES string of the molecule is CCNCc1cccc(F)c1Oc1cc(F)cc(Br)c1. The van der Waals surface area contributed by atoms with Gasteiger partial charge in [0.05, 0.1) is 0 Å². The molecule has 0 unspecified atom stereocenters. The van der Waals surface area contributed by atoms with E-state index in [0.717, 1.165) is 6.54 Å². The second-order valence-corrected chi connectivity index (χ2v) is 5.13. The molecule has 0 saturated carbocycles. The fraction of sp³-hybridized carbons (Fsp3) is 0.200. The summed E-state index contributed by atoms with van der Waals surface area (Å²) in [5.41, 5.74) is 0.687. The van der Waals surface area contributed by atoms with E-state index in [9.17, 15) is 8.78 Å². The predicted octanol–water partition coefficient (Wildman–Crippen LogP) is 4.63. The van der Waals surface area contributed by atoms with Gasteiger partial charge in [-0.25, -0.2) is 8.78 Å². The van der Waals surface area contributed by atoms with E-state index in [1.165, 1.54) is 18.2 Å². The number of ether oxygens (including phenoxy) is 1. The molecule has 0 aliphatic rings. The fourth-order valence-corrected chi connectivity index (χ4v) is 2.22. The Kier molecular flexibility index (Phi) is 5.09. The van der Waals surface area contributed by atoms with Crippen molar-refractivity contribution in [1.29, 1.82) is 0 Å². The number of hydrogen-bond donors (Lipinski definition) is 1. The van der Waals surface area contributed by atoms with Gasteiger partial charge in [0.2, 0.25) is 0 Å². The van der Waals surface area contributed by atoms with E-state index in [2.05, 4.69) is 21.2 Å². The van der Waals surface area contributed by atoms with Crippen LogP contribution in [0.2, 0.25) is 0 Å². The zero-order chi connectivity index (χ0) is 14.5. The maximum atomic E-state index is 13.9. The molecule has 2 aromatic carbocycles. The topological polar surface area (TPSA) is 21.3 Å². The third-order valence-corrected chi connectivity index (χ3v) is 3.13. The van der Waals surface area contributed by atoms with Gasteiger partial charge >= 0.3 is 0 Å². The summed E-state index contributed by atoms with van der Waals surface area (Å²) < 4.78 is 33.3. The van der Waals surface area contributed by atoms with Gasteiger partial charge in [0.25, 0.3) is 0 Å². The summed E-state index contributed by atoms with van der Waals surface area (Å²) in [6.07, 6.45) is 0. The Balaban J connectivity index is 2.31. The van der Waals surface area contributed by atoms with Crippen molar-refractivity contribution < 1.29 is 13.5 Å². The zero-order valence-corrected chi connectivity index (χ0v) is 12.5. The molecule has 5 heteroatoms. The highest BCUT2D eigenvalue weighted by Crippen LogP contribution is 2.30. The molecular weight excluding hydrogens is 328 g/mol. The van der Waals surface area contributed by atoms with Crippen molar-refractivity contribution in [1.82, 2.24) is 5.32 Å². The molecule has 0 radical (unpaired) electrons. The van der Waals surface area contributed by atoms with Gasteiger partial charge in [-0.05, 0) is 24.7 Å². The fourth-order valence-electron chi connectivity index (χ4n) is 1.77. The highest BCUT2D eigenvalue weighted by atomic mass is 79.9. The predicted molar refractivity (Wildman–Crippen MR) is 78.0 cm³/mol. The van der Waals surface area contributed by atoms with Crippen molar-refractivity contribution in [2.75, 3.05) is 6.54 Å². The first-order valence-electron chi connectivity index (χ1n) is 6.22. The van der Waals surface area contributed by atoms with E-state index in [-0.39, 0.29) is 11.5 Å². The molecule has 20 heavy (non-hydrogen) atoms. The normalized spacial score (nSPS) is 10.6. The highest BCUT2D eigenvalue weighted by molar-refractivity contribution is 9.10. The number of benzene rings is 2. The molecule has 2 rings (SSSR count). The number of rotatable bonds is 5. The van der Waals surface area contributed by atoms with Crippen LogP contribution in [0.1, 0.15) is 12.5 Å². The van der Waals surface area contributed by atoms with Gasteiger partial charge in [-0.2, -0.15) is 0 Å². The Morgan fingerprint density at radius 1 is 1.20 bits per heavy atom. The standard InChI is InChI=1S/C15H14BrF2NO/c1-2-19-9-10-4-3-5-14(18)15(10)20-13-7-11(16)6-12(17)8-13/h3-8,19H,2,9H2,1H3. The zero-order valence-electron chi connectivity index (χ0n) is 10.9. The second kappa shape index (κ2) is 6.81. The van der Waals surface area contributed by atoms with Crippen LogP contribution >= 0.6 is 15.9 Å². The molecule has 2 aromatic rings. The minimum atomic E-state index is -0.471. The van der Waals surface area contributed by atoms with Crippen LogP contribution < -0.4 is 10.1 Å². The van der Waals surface area contributed by atoms with Crippen LogP contribution in [-0.2, 0) is 6.54 Å². The first-order chi connectivity index (χ1) is 9.60. The second-order valence-electron chi connectivity index (χ2n) is 4.22. The Morgan fingerprint density at radius 2 is 2.00 bits per heavy atom. The van der Waals surface area contributed by atoms with Crippen molar-refractivity contribution in [2.24, 2.45) is 0 Å². The summed E-state index contributed by atoms with van der Waals surface area (Å²) in [4.78, 5) is 0. The summed E-state index contributed by atoms with van der Waals surface area (Å²) in [6, 6.07) is 8.83. The molecular formula is C15H14BrF2NO. The maximum absolute atomic E-state index is 13.9. The quantitative estimate of drug-likeness (QED) is 0.856. The Labute approximate surface area is 124 Å². The molecule has 0 aliphatic carbocycles. The lowest BCUT2D eigenvalue weighted by molar-refractivity contribution is 0.430. The molecule has 0 saturated heterocycles. The first-order valence-corrected chi connectivity index (χ1v) is 7.01. The number of nitrogens with one attached hydrogen (secondary N) is 1. The van der Waals surface area contributed by atoms with E-state index in [1.54, 1.807) is 18.2 Å². The molecule has 106 valence electrons. The smallest absolute Gasteiger partial charge is 0.167 e. The Hall–Kier alpha value is -1.46. The number of halogens is 3. The lowest BCUT2D eigenvalue weighted by Crippen LogP contribution is -2.12. The van der Waals surface area contributed by atoms with Gasteiger partial charge in [0.1, 0.15) is 11.6 Å². The number of para-hydroxylation sites is 1. The van der Waals surface area contributed by atoms with Crippen LogP contribution in [0.15, 0.2) is 40.9 Å². The third-order valence-electron chi connectivity index (χ3n) is 2.67. The van der Waals surface area contributed by atoms with Crippen LogP contribution in [0, 0.1) is 11.6 Å². The average Bonchev–Trinajstić information content (AvgIpc) is 2.38. The van der Waals surface area contributed by atoms with Crippen molar-refractivity contribution in [3.05, 3.63) is 58.1 Å². The lowest BCUT2D eigenvalue weighted by Gasteiger charge is -2.12. The molecule has 0 bridgehead atoms. The average molecular weight is 342 g/mol. The Bertz CT molecular complexity index is 584. The summed E-state index contributed by atoms with van der Waals surface area (Å²) in [5, 5.41) is 3.11. The van der Waals surface area contributed by atoms with Crippen LogP contribution in [0.5, 0.6) is 11.5 Å². The molecule has 0 fully saturated rings. The summed E-state index contributed by atoms with van der Waals surface area (Å²) >= 11 is 3.18. The minimum absolute atomic E-state index is 0.117. The summed E-state index contributed by atoms with van der Waals surface area (Å²) in [6.45, 7) is 3.21. The molecule has 2 nitrogen and oxygen atoms in total. The van der Waals surface area contributed by atoms with E-state index in [0.29, 0.717) is 16.6 Å². The maximum Gasteiger partial charge on any atom is 0.167 e. The van der Waals surface area contributed by atoms with E-state index >= 15 is 0 Å². The number of hydrogen-bond acceptors (Lipinski definition) is 2. The first kappa shape index (κ1) is 14.9. The van der Waals surface area contributed by atoms with Crippen LogP contribution in [0.25, 0.3) is 0 Å². The van der Waals surface area contributed by atoms with E-state index < -0.39 is 11.6 Å². The lowest BCUT2D eigenvalue weighted by atomic mass is 10.2. The van der Waals surface area contributed by atoms with Gasteiger partial charge in [0.15, 0.2) is 11.6 Å². The van der Waals surface area contributed by atoms with Crippen molar-refractivity contribution in [3.8, 4) is 11.5 Å². The summed E-state index contributed by atoms with van der Waals surface area (Å²) in [7, 11) is 0. The van der Waals surface area contributed by atoms with Gasteiger partial charge in [-0.3, -0.25) is 0 Å². The van der Waals surface area contributed by atoms with E-state index in [4.69, 9.17) is 4.74 Å². The van der Waals surface area contributed by atoms with Crippen LogP contribution in [0.3, 0.4) is 0 Å². The molecule has 0 aromatic heterocycles. The van der Waals surface area contributed by atoms with Gasteiger partial charge < -0.3 is 10.1 Å². The molecule has 0 atom stereocenters.